The lowest BCUT2D eigenvalue weighted by Gasteiger charge is -2.11. The molecule has 0 fully saturated rings. The van der Waals surface area contributed by atoms with Crippen molar-refractivity contribution in [3.8, 4) is 16.8 Å². The average molecular weight is 580 g/mol. The van der Waals surface area contributed by atoms with Gasteiger partial charge < -0.3 is 10.3 Å². The maximum absolute atomic E-state index is 6.19. The predicted molar refractivity (Wildman–Crippen MR) is 194 cm³/mol. The van der Waals surface area contributed by atoms with E-state index in [4.69, 9.17) is 5.73 Å². The Kier molecular flexibility index (Phi) is 7.42. The third kappa shape index (κ3) is 5.26. The SMILES string of the molecule is C=Cc1ccccc1C=Cc1ccc2c3ccc4cc(-c5ccc(/C(N)=C/C=C\C)nc5)ccc4c3n(-c3ccccc3)c2c1. The zero-order valence-corrected chi connectivity index (χ0v) is 25.2. The molecule has 2 heterocycles. The summed E-state index contributed by atoms with van der Waals surface area (Å²) >= 11 is 0. The quantitative estimate of drug-likeness (QED) is 0.151. The van der Waals surface area contributed by atoms with E-state index in [2.05, 4.69) is 131 Å². The first-order valence-corrected chi connectivity index (χ1v) is 15.2. The first kappa shape index (κ1) is 27.9. The van der Waals surface area contributed by atoms with Crippen LogP contribution in [0.3, 0.4) is 0 Å². The average Bonchev–Trinajstić information content (AvgIpc) is 3.44. The van der Waals surface area contributed by atoms with Gasteiger partial charge in [0.2, 0.25) is 0 Å². The van der Waals surface area contributed by atoms with Crippen molar-refractivity contribution in [2.75, 3.05) is 0 Å². The molecule has 2 aromatic heterocycles. The van der Waals surface area contributed by atoms with Crippen LogP contribution in [0.5, 0.6) is 0 Å². The normalized spacial score (nSPS) is 12.2. The highest BCUT2D eigenvalue weighted by Gasteiger charge is 2.16. The van der Waals surface area contributed by atoms with E-state index in [1.165, 1.54) is 32.6 Å². The fourth-order valence-electron chi connectivity index (χ4n) is 6.04. The second kappa shape index (κ2) is 12.0. The van der Waals surface area contributed by atoms with Gasteiger partial charge in [0, 0.05) is 33.6 Å². The lowest BCUT2D eigenvalue weighted by atomic mass is 10.00. The molecule has 0 radical (unpaired) electrons. The Bertz CT molecular complexity index is 2280. The Labute approximate surface area is 263 Å². The summed E-state index contributed by atoms with van der Waals surface area (Å²) in [5, 5.41) is 4.84. The fraction of sp³-hybridized carbons (Fsp3) is 0.0238. The van der Waals surface area contributed by atoms with Gasteiger partial charge in [-0.15, -0.1) is 0 Å². The minimum absolute atomic E-state index is 0.648. The molecule has 0 aliphatic carbocycles. The molecule has 0 saturated carbocycles. The highest BCUT2D eigenvalue weighted by Crippen LogP contribution is 2.38. The van der Waals surface area contributed by atoms with E-state index >= 15 is 0 Å². The number of aromatic nitrogens is 2. The summed E-state index contributed by atoms with van der Waals surface area (Å²) in [6, 6.07) is 40.9. The van der Waals surface area contributed by atoms with E-state index in [9.17, 15) is 0 Å². The Balaban J connectivity index is 1.37. The number of allylic oxidation sites excluding steroid dienone is 3. The first-order valence-electron chi connectivity index (χ1n) is 15.2. The number of benzene rings is 5. The van der Waals surface area contributed by atoms with E-state index < -0.39 is 0 Å². The van der Waals surface area contributed by atoms with Gasteiger partial charge in [-0.2, -0.15) is 0 Å². The molecule has 3 heteroatoms. The van der Waals surface area contributed by atoms with Gasteiger partial charge >= 0.3 is 0 Å². The van der Waals surface area contributed by atoms with Gasteiger partial charge in [0.25, 0.3) is 0 Å². The summed E-state index contributed by atoms with van der Waals surface area (Å²) in [6.45, 7) is 5.94. The number of rotatable bonds is 7. The van der Waals surface area contributed by atoms with Gasteiger partial charge in [-0.05, 0) is 71.0 Å². The van der Waals surface area contributed by atoms with Crippen LogP contribution in [0.1, 0.15) is 29.3 Å². The van der Waals surface area contributed by atoms with E-state index in [-0.39, 0.29) is 0 Å². The molecule has 216 valence electrons. The van der Waals surface area contributed by atoms with E-state index in [1.807, 2.05) is 49.6 Å². The van der Waals surface area contributed by atoms with Gasteiger partial charge in [-0.1, -0.05) is 122 Å². The molecule has 7 rings (SSSR count). The van der Waals surface area contributed by atoms with Crippen molar-refractivity contribution in [2.45, 2.75) is 6.92 Å². The highest BCUT2D eigenvalue weighted by molar-refractivity contribution is 6.19. The molecule has 0 amide bonds. The Morgan fingerprint density at radius 3 is 2.27 bits per heavy atom. The first-order chi connectivity index (χ1) is 22.1. The van der Waals surface area contributed by atoms with Crippen molar-refractivity contribution in [1.29, 1.82) is 0 Å². The monoisotopic (exact) mass is 579 g/mol. The van der Waals surface area contributed by atoms with Crippen molar-refractivity contribution >= 4 is 56.5 Å². The number of pyridine rings is 1. The number of hydrogen-bond acceptors (Lipinski definition) is 2. The van der Waals surface area contributed by atoms with Gasteiger partial charge in [-0.3, -0.25) is 4.98 Å². The van der Waals surface area contributed by atoms with Crippen LogP contribution < -0.4 is 5.73 Å². The fourth-order valence-corrected chi connectivity index (χ4v) is 6.04. The second-order valence-electron chi connectivity index (χ2n) is 11.1. The predicted octanol–water partition coefficient (Wildman–Crippen LogP) is 10.7. The van der Waals surface area contributed by atoms with Crippen LogP contribution in [0, 0.1) is 0 Å². The number of hydrogen-bond donors (Lipinski definition) is 1. The van der Waals surface area contributed by atoms with E-state index in [1.54, 1.807) is 0 Å². The third-order valence-electron chi connectivity index (χ3n) is 8.31. The zero-order valence-electron chi connectivity index (χ0n) is 25.2. The van der Waals surface area contributed by atoms with E-state index in [0.29, 0.717) is 5.70 Å². The number of nitrogens with two attached hydrogens (primary N) is 1. The second-order valence-corrected chi connectivity index (χ2v) is 11.1. The van der Waals surface area contributed by atoms with Gasteiger partial charge in [-0.25, -0.2) is 0 Å². The Hall–Kier alpha value is -5.93. The molecule has 0 saturated heterocycles. The molecule has 45 heavy (non-hydrogen) atoms. The summed E-state index contributed by atoms with van der Waals surface area (Å²) in [4.78, 5) is 4.63. The summed E-state index contributed by atoms with van der Waals surface area (Å²) in [6.07, 6.45) is 13.9. The van der Waals surface area contributed by atoms with Crippen molar-refractivity contribution in [2.24, 2.45) is 5.73 Å². The molecule has 0 spiro atoms. The summed E-state index contributed by atoms with van der Waals surface area (Å²) in [5.41, 5.74) is 16.7. The van der Waals surface area contributed by atoms with Crippen LogP contribution >= 0.6 is 0 Å². The van der Waals surface area contributed by atoms with Gasteiger partial charge in [0.05, 0.1) is 22.4 Å². The lowest BCUT2D eigenvalue weighted by Crippen LogP contribution is -1.98. The molecule has 7 aromatic rings. The van der Waals surface area contributed by atoms with Crippen LogP contribution in [-0.4, -0.2) is 9.55 Å². The van der Waals surface area contributed by atoms with Crippen molar-refractivity contribution in [3.63, 3.8) is 0 Å². The van der Waals surface area contributed by atoms with Crippen LogP contribution in [0.4, 0.5) is 0 Å². The molecule has 2 N–H and O–H groups in total. The summed E-state index contributed by atoms with van der Waals surface area (Å²) in [5.74, 6) is 0. The number of fused-ring (bicyclic) bond motifs is 5. The summed E-state index contributed by atoms with van der Waals surface area (Å²) in [7, 11) is 0. The van der Waals surface area contributed by atoms with Crippen LogP contribution in [0.2, 0.25) is 0 Å². The standard InChI is InChI=1S/C42H33N3/c1-3-5-15-39(43)40-25-21-34(28-44-40)32-19-23-36-33(27-32)20-24-38-37-22-17-29(16-18-31-12-10-9-11-30(31)4-2)26-41(37)45(42(36)38)35-13-7-6-8-14-35/h3-28H,2,43H2,1H3/b5-3-,18-16?,39-15-. The van der Waals surface area contributed by atoms with Crippen LogP contribution in [0.15, 0.2) is 146 Å². The molecule has 0 unspecified atom stereocenters. The van der Waals surface area contributed by atoms with Gasteiger partial charge in [0.15, 0.2) is 0 Å². The number of para-hydroxylation sites is 1. The molecule has 0 aliphatic heterocycles. The number of nitrogens with zero attached hydrogens (tertiary/aromatic N) is 2. The molecule has 0 atom stereocenters. The molecule has 5 aromatic carbocycles. The largest absolute Gasteiger partial charge is 0.397 e. The minimum atomic E-state index is 0.648. The Morgan fingerprint density at radius 1 is 0.733 bits per heavy atom. The third-order valence-corrected chi connectivity index (χ3v) is 8.31. The molecular formula is C42H33N3. The topological polar surface area (TPSA) is 43.8 Å². The summed E-state index contributed by atoms with van der Waals surface area (Å²) < 4.78 is 2.40. The molecule has 3 nitrogen and oxygen atoms in total. The van der Waals surface area contributed by atoms with Crippen molar-refractivity contribution < 1.29 is 0 Å². The highest BCUT2D eigenvalue weighted by atomic mass is 15.0. The van der Waals surface area contributed by atoms with Crippen molar-refractivity contribution in [1.82, 2.24) is 9.55 Å². The molecule has 0 bridgehead atoms. The molecular weight excluding hydrogens is 546 g/mol. The van der Waals surface area contributed by atoms with Crippen LogP contribution in [0.25, 0.3) is 73.3 Å². The van der Waals surface area contributed by atoms with Crippen LogP contribution in [-0.2, 0) is 0 Å². The maximum Gasteiger partial charge on any atom is 0.0859 e. The van der Waals surface area contributed by atoms with Crippen molar-refractivity contribution in [3.05, 3.63) is 169 Å². The minimum Gasteiger partial charge on any atom is -0.397 e. The van der Waals surface area contributed by atoms with Gasteiger partial charge in [0.1, 0.15) is 0 Å². The Morgan fingerprint density at radius 2 is 1.49 bits per heavy atom. The lowest BCUT2D eigenvalue weighted by molar-refractivity contribution is 1.19. The molecule has 0 aliphatic rings. The maximum atomic E-state index is 6.19. The zero-order chi connectivity index (χ0) is 30.8. The van der Waals surface area contributed by atoms with E-state index in [0.717, 1.165) is 39.2 Å². The smallest absolute Gasteiger partial charge is 0.0859 e.